The van der Waals surface area contributed by atoms with Crippen molar-refractivity contribution in [2.75, 3.05) is 5.32 Å². The summed E-state index contributed by atoms with van der Waals surface area (Å²) in [7, 11) is 0. The van der Waals surface area contributed by atoms with E-state index in [9.17, 15) is 5.26 Å². The van der Waals surface area contributed by atoms with E-state index in [0.717, 1.165) is 16.8 Å². The van der Waals surface area contributed by atoms with Gasteiger partial charge in [-0.2, -0.15) is 5.26 Å². The Balaban J connectivity index is 2.30. The van der Waals surface area contributed by atoms with Crippen molar-refractivity contribution in [3.8, 4) is 6.07 Å². The molecule has 3 heteroatoms. The van der Waals surface area contributed by atoms with E-state index in [1.807, 2.05) is 49.4 Å². The fraction of sp³-hybridized carbons (Fsp3) is 0.133. The number of para-hydroxylation sites is 1. The van der Waals surface area contributed by atoms with E-state index >= 15 is 0 Å². The van der Waals surface area contributed by atoms with Gasteiger partial charge in [0.25, 0.3) is 0 Å². The molecule has 0 aliphatic carbocycles. The molecule has 1 unspecified atom stereocenters. The lowest BCUT2D eigenvalue weighted by Gasteiger charge is -2.16. The second-order valence-electron chi connectivity index (χ2n) is 4.04. The van der Waals surface area contributed by atoms with Crippen molar-refractivity contribution < 1.29 is 0 Å². The van der Waals surface area contributed by atoms with Gasteiger partial charge in [0.05, 0.1) is 16.8 Å². The summed E-state index contributed by atoms with van der Waals surface area (Å²) in [6.45, 7) is 1.99. The topological polar surface area (TPSA) is 35.8 Å². The van der Waals surface area contributed by atoms with Gasteiger partial charge < -0.3 is 5.32 Å². The van der Waals surface area contributed by atoms with Crippen molar-refractivity contribution in [1.82, 2.24) is 0 Å². The molecule has 18 heavy (non-hydrogen) atoms. The number of anilines is 1. The van der Waals surface area contributed by atoms with Gasteiger partial charge in [0, 0.05) is 0 Å². The first-order valence-corrected chi connectivity index (χ1v) is 6.06. The molecule has 0 heterocycles. The molecule has 0 bridgehead atoms. The molecule has 0 aliphatic heterocycles. The average molecular weight is 257 g/mol. The van der Waals surface area contributed by atoms with Crippen LogP contribution in [-0.2, 0) is 0 Å². The Morgan fingerprint density at radius 3 is 2.44 bits per heavy atom. The van der Waals surface area contributed by atoms with Gasteiger partial charge in [-0.05, 0) is 30.2 Å². The molecule has 0 aromatic heterocycles. The van der Waals surface area contributed by atoms with Gasteiger partial charge in [-0.3, -0.25) is 0 Å². The van der Waals surface area contributed by atoms with Gasteiger partial charge in [-0.1, -0.05) is 48.0 Å². The summed E-state index contributed by atoms with van der Waals surface area (Å²) < 4.78 is 0. The van der Waals surface area contributed by atoms with E-state index in [2.05, 4.69) is 11.4 Å². The molecule has 0 fully saturated rings. The van der Waals surface area contributed by atoms with Crippen molar-refractivity contribution >= 4 is 17.3 Å². The zero-order valence-corrected chi connectivity index (χ0v) is 10.8. The highest BCUT2D eigenvalue weighted by atomic mass is 35.5. The molecule has 1 atom stereocenters. The molecule has 1 N–H and O–H groups in total. The number of halogens is 1. The van der Waals surface area contributed by atoms with Crippen LogP contribution in [0.5, 0.6) is 0 Å². The predicted molar refractivity (Wildman–Crippen MR) is 74.6 cm³/mol. The van der Waals surface area contributed by atoms with Gasteiger partial charge in [-0.25, -0.2) is 0 Å². The van der Waals surface area contributed by atoms with Crippen LogP contribution in [0.3, 0.4) is 0 Å². The van der Waals surface area contributed by atoms with Crippen LogP contribution in [0.4, 0.5) is 5.69 Å². The number of hydrogen-bond acceptors (Lipinski definition) is 2. The normalized spacial score (nSPS) is 11.6. The zero-order valence-electron chi connectivity index (χ0n) is 10.0. The van der Waals surface area contributed by atoms with Gasteiger partial charge in [-0.15, -0.1) is 0 Å². The number of rotatable bonds is 3. The minimum atomic E-state index is -0.397. The molecule has 0 spiro atoms. The molecule has 0 saturated carbocycles. The van der Waals surface area contributed by atoms with Gasteiger partial charge in [0.15, 0.2) is 0 Å². The van der Waals surface area contributed by atoms with E-state index < -0.39 is 6.04 Å². The minimum Gasteiger partial charge on any atom is -0.365 e. The molecule has 0 saturated heterocycles. The standard InChI is InChI=1S/C15H13ClN2/c1-11-6-2-3-7-12(11)15(10-17)18-14-9-5-4-8-13(14)16/h2-9,15,18H,1H3. The Labute approximate surface area is 112 Å². The first-order chi connectivity index (χ1) is 8.72. The summed E-state index contributed by atoms with van der Waals surface area (Å²) in [6.07, 6.45) is 0. The van der Waals surface area contributed by atoms with Crippen LogP contribution >= 0.6 is 11.6 Å². The molecular weight excluding hydrogens is 244 g/mol. The van der Waals surface area contributed by atoms with Gasteiger partial charge in [0.2, 0.25) is 0 Å². The molecule has 90 valence electrons. The highest BCUT2D eigenvalue weighted by Crippen LogP contribution is 2.26. The Kier molecular flexibility index (Phi) is 3.86. The number of nitrogens with zero attached hydrogens (tertiary/aromatic N) is 1. The number of nitrogens with one attached hydrogen (secondary N) is 1. The van der Waals surface area contributed by atoms with E-state index in [1.165, 1.54) is 0 Å². The molecule has 2 aromatic carbocycles. The maximum Gasteiger partial charge on any atom is 0.140 e. The summed E-state index contributed by atoms with van der Waals surface area (Å²) in [5, 5.41) is 13.1. The summed E-state index contributed by atoms with van der Waals surface area (Å²) in [4.78, 5) is 0. The first kappa shape index (κ1) is 12.5. The second kappa shape index (κ2) is 5.57. The number of hydrogen-bond donors (Lipinski definition) is 1. The zero-order chi connectivity index (χ0) is 13.0. The largest absolute Gasteiger partial charge is 0.365 e. The van der Waals surface area contributed by atoms with Crippen LogP contribution < -0.4 is 5.32 Å². The molecule has 0 radical (unpaired) electrons. The first-order valence-electron chi connectivity index (χ1n) is 5.68. The van der Waals surface area contributed by atoms with Gasteiger partial charge in [0.1, 0.15) is 6.04 Å². The molecule has 2 nitrogen and oxygen atoms in total. The third-order valence-electron chi connectivity index (χ3n) is 2.80. The van der Waals surface area contributed by atoms with Crippen molar-refractivity contribution in [3.63, 3.8) is 0 Å². The minimum absolute atomic E-state index is 0.397. The lowest BCUT2D eigenvalue weighted by molar-refractivity contribution is 0.982. The van der Waals surface area contributed by atoms with Crippen molar-refractivity contribution in [3.05, 3.63) is 64.7 Å². The lowest BCUT2D eigenvalue weighted by atomic mass is 10.0. The maximum atomic E-state index is 9.30. The Morgan fingerprint density at radius 2 is 1.78 bits per heavy atom. The smallest absolute Gasteiger partial charge is 0.140 e. The fourth-order valence-electron chi connectivity index (χ4n) is 1.82. The second-order valence-corrected chi connectivity index (χ2v) is 4.45. The highest BCUT2D eigenvalue weighted by molar-refractivity contribution is 6.33. The SMILES string of the molecule is Cc1ccccc1C(C#N)Nc1ccccc1Cl. The third-order valence-corrected chi connectivity index (χ3v) is 3.13. The fourth-order valence-corrected chi connectivity index (χ4v) is 2.01. The van der Waals surface area contributed by atoms with Crippen LogP contribution in [0, 0.1) is 18.3 Å². The van der Waals surface area contributed by atoms with Crippen LogP contribution in [0.2, 0.25) is 5.02 Å². The maximum absolute atomic E-state index is 9.30. The van der Waals surface area contributed by atoms with Gasteiger partial charge >= 0.3 is 0 Å². The lowest BCUT2D eigenvalue weighted by Crippen LogP contribution is -2.10. The van der Waals surface area contributed by atoms with E-state index in [0.29, 0.717) is 5.02 Å². The Bertz CT molecular complexity index is 587. The molecule has 2 rings (SSSR count). The van der Waals surface area contributed by atoms with Crippen molar-refractivity contribution in [2.45, 2.75) is 13.0 Å². The van der Waals surface area contributed by atoms with Crippen molar-refractivity contribution in [1.29, 1.82) is 5.26 Å². The summed E-state index contributed by atoms with van der Waals surface area (Å²) in [6, 6.07) is 17.1. The molecule has 0 aliphatic rings. The summed E-state index contributed by atoms with van der Waals surface area (Å²) in [5.74, 6) is 0. The number of nitriles is 1. The van der Waals surface area contributed by atoms with Crippen LogP contribution in [0.1, 0.15) is 17.2 Å². The van der Waals surface area contributed by atoms with E-state index in [-0.39, 0.29) is 0 Å². The van der Waals surface area contributed by atoms with E-state index in [4.69, 9.17) is 11.6 Å². The van der Waals surface area contributed by atoms with E-state index in [1.54, 1.807) is 6.07 Å². The molecule has 2 aromatic rings. The summed E-state index contributed by atoms with van der Waals surface area (Å²) in [5.41, 5.74) is 2.83. The molecule has 0 amide bonds. The Hall–Kier alpha value is -1.98. The number of benzene rings is 2. The van der Waals surface area contributed by atoms with Crippen LogP contribution in [0.15, 0.2) is 48.5 Å². The average Bonchev–Trinajstić information content (AvgIpc) is 2.39. The Morgan fingerprint density at radius 1 is 1.11 bits per heavy atom. The van der Waals surface area contributed by atoms with Crippen molar-refractivity contribution in [2.24, 2.45) is 0 Å². The third kappa shape index (κ3) is 2.64. The molecular formula is C15H13ClN2. The van der Waals surface area contributed by atoms with Crippen LogP contribution in [0.25, 0.3) is 0 Å². The monoisotopic (exact) mass is 256 g/mol. The quantitative estimate of drug-likeness (QED) is 0.887. The number of aryl methyl sites for hydroxylation is 1. The highest BCUT2D eigenvalue weighted by Gasteiger charge is 2.13. The summed E-state index contributed by atoms with van der Waals surface area (Å²) >= 11 is 6.08. The van der Waals surface area contributed by atoms with Crippen LogP contribution in [-0.4, -0.2) is 0 Å². The predicted octanol–water partition coefficient (Wildman–Crippen LogP) is 4.33.